The van der Waals surface area contributed by atoms with Crippen molar-refractivity contribution in [2.45, 2.75) is 48.5 Å². The Balaban J connectivity index is 0. The van der Waals surface area contributed by atoms with Crippen LogP contribution in [0.2, 0.25) is 0 Å². The summed E-state index contributed by atoms with van der Waals surface area (Å²) in [7, 11) is 0. The van der Waals surface area contributed by atoms with Crippen molar-refractivity contribution in [1.82, 2.24) is 5.32 Å². The minimum atomic E-state index is 0.471. The van der Waals surface area contributed by atoms with Gasteiger partial charge in [-0.05, 0) is 29.6 Å². The third-order valence-corrected chi connectivity index (χ3v) is 2.43. The zero-order valence-electron chi connectivity index (χ0n) is 13.4. The quantitative estimate of drug-likeness (QED) is 0.721. The number of rotatable bonds is 3. The van der Waals surface area contributed by atoms with E-state index in [9.17, 15) is 0 Å². The first kappa shape index (κ1) is 19.1. The fourth-order valence-corrected chi connectivity index (χ4v) is 1.45. The first-order chi connectivity index (χ1) is 8.54. The van der Waals surface area contributed by atoms with Crippen LogP contribution in [0, 0.1) is 5.92 Å². The van der Waals surface area contributed by atoms with Gasteiger partial charge in [0.2, 0.25) is 0 Å². The molecule has 104 valence electrons. The van der Waals surface area contributed by atoms with E-state index in [1.165, 1.54) is 5.57 Å². The highest BCUT2D eigenvalue weighted by molar-refractivity contribution is 5.49. The van der Waals surface area contributed by atoms with E-state index in [4.69, 9.17) is 0 Å². The van der Waals surface area contributed by atoms with Crippen LogP contribution in [0.4, 0.5) is 0 Å². The molecule has 0 unspecified atom stereocenters. The molecule has 0 saturated heterocycles. The Bertz CT molecular complexity index is 317. The van der Waals surface area contributed by atoms with E-state index in [0.29, 0.717) is 5.92 Å². The maximum Gasteiger partial charge on any atom is 0.0447 e. The van der Waals surface area contributed by atoms with Crippen molar-refractivity contribution >= 4 is 0 Å². The maximum atomic E-state index is 4.12. The van der Waals surface area contributed by atoms with Crippen LogP contribution >= 0.6 is 0 Å². The minimum absolute atomic E-state index is 0.471. The Kier molecular flexibility index (Phi) is 11.6. The lowest BCUT2D eigenvalue weighted by Crippen LogP contribution is -2.21. The molecule has 0 bridgehead atoms. The molecule has 0 saturated carbocycles. The molecule has 0 aliphatic carbocycles. The fourth-order valence-electron chi connectivity index (χ4n) is 1.45. The topological polar surface area (TPSA) is 12.0 Å². The van der Waals surface area contributed by atoms with Crippen molar-refractivity contribution in [1.29, 1.82) is 0 Å². The summed E-state index contributed by atoms with van der Waals surface area (Å²) < 4.78 is 0. The van der Waals surface area contributed by atoms with Gasteiger partial charge in [0.1, 0.15) is 0 Å². The second kappa shape index (κ2) is 10.9. The monoisotopic (exact) mass is 249 g/mol. The molecule has 0 spiro atoms. The van der Waals surface area contributed by atoms with Crippen molar-refractivity contribution < 1.29 is 0 Å². The van der Waals surface area contributed by atoms with Crippen LogP contribution in [0.3, 0.4) is 0 Å². The van der Waals surface area contributed by atoms with Gasteiger partial charge in [0, 0.05) is 12.2 Å². The van der Waals surface area contributed by atoms with E-state index in [0.717, 1.165) is 23.4 Å². The van der Waals surface area contributed by atoms with Crippen LogP contribution in [-0.4, -0.2) is 6.54 Å². The molecule has 18 heavy (non-hydrogen) atoms. The smallest absolute Gasteiger partial charge is 0.0447 e. The summed E-state index contributed by atoms with van der Waals surface area (Å²) in [5.41, 5.74) is 4.60. The SMILES string of the molecule is C=C(C)C1=C(C(=C)C(C)C)NCC=C1.CC.CC. The molecule has 1 nitrogen and oxygen atoms in total. The molecule has 0 aromatic carbocycles. The molecule has 1 rings (SSSR count). The predicted octanol–water partition coefficient (Wildman–Crippen LogP) is 5.24. The van der Waals surface area contributed by atoms with Gasteiger partial charge < -0.3 is 5.32 Å². The number of nitrogens with one attached hydrogen (secondary N) is 1. The summed E-state index contributed by atoms with van der Waals surface area (Å²) >= 11 is 0. The average Bonchev–Trinajstić information content (AvgIpc) is 2.42. The molecule has 1 aliphatic heterocycles. The summed E-state index contributed by atoms with van der Waals surface area (Å²) in [6.45, 7) is 23.3. The lowest BCUT2D eigenvalue weighted by atomic mass is 9.94. The first-order valence-electron chi connectivity index (χ1n) is 7.03. The molecule has 0 aromatic rings. The van der Waals surface area contributed by atoms with Gasteiger partial charge in [0.05, 0.1) is 0 Å². The highest BCUT2D eigenvalue weighted by atomic mass is 14.9. The van der Waals surface area contributed by atoms with Crippen LogP contribution in [-0.2, 0) is 0 Å². The lowest BCUT2D eigenvalue weighted by molar-refractivity contribution is 0.740. The molecular formula is C17H31N. The number of dihydropyridines is 1. The Hall–Kier alpha value is -1.24. The number of hydrogen-bond donors (Lipinski definition) is 1. The largest absolute Gasteiger partial charge is 0.381 e. The third-order valence-electron chi connectivity index (χ3n) is 2.43. The summed E-state index contributed by atoms with van der Waals surface area (Å²) in [4.78, 5) is 0. The molecule has 0 atom stereocenters. The van der Waals surface area contributed by atoms with E-state index < -0.39 is 0 Å². The Morgan fingerprint density at radius 2 is 1.67 bits per heavy atom. The minimum Gasteiger partial charge on any atom is -0.381 e. The first-order valence-corrected chi connectivity index (χ1v) is 7.03. The molecule has 0 amide bonds. The fraction of sp³-hybridized carbons (Fsp3) is 0.529. The van der Waals surface area contributed by atoms with Crippen LogP contribution in [0.1, 0.15) is 48.5 Å². The van der Waals surface area contributed by atoms with Gasteiger partial charge in [0.15, 0.2) is 0 Å². The molecule has 1 heterocycles. The zero-order valence-corrected chi connectivity index (χ0v) is 13.4. The zero-order chi connectivity index (χ0) is 14.7. The van der Waals surface area contributed by atoms with Gasteiger partial charge in [-0.2, -0.15) is 0 Å². The number of hydrogen-bond acceptors (Lipinski definition) is 1. The summed E-state index contributed by atoms with van der Waals surface area (Å²) in [6, 6.07) is 0. The number of allylic oxidation sites excluding steroid dienone is 4. The molecule has 0 fully saturated rings. The standard InChI is InChI=1S/C13H19N.2C2H6/c1-9(2)11(5)13-12(10(3)4)7-6-8-14-13;2*1-2/h6-7,9,14H,3,5,8H2,1-2,4H3;2*1-2H3. The van der Waals surface area contributed by atoms with Crippen LogP contribution in [0.15, 0.2) is 47.7 Å². The Morgan fingerprint density at radius 3 is 2.06 bits per heavy atom. The average molecular weight is 249 g/mol. The van der Waals surface area contributed by atoms with Gasteiger partial charge in [-0.15, -0.1) is 0 Å². The van der Waals surface area contributed by atoms with Crippen molar-refractivity contribution in [3.63, 3.8) is 0 Å². The van der Waals surface area contributed by atoms with Crippen molar-refractivity contribution in [2.75, 3.05) is 6.54 Å². The van der Waals surface area contributed by atoms with Crippen molar-refractivity contribution in [2.24, 2.45) is 5.92 Å². The van der Waals surface area contributed by atoms with E-state index in [1.54, 1.807) is 0 Å². The summed E-state index contributed by atoms with van der Waals surface area (Å²) in [5.74, 6) is 0.471. The van der Waals surface area contributed by atoms with Gasteiger partial charge in [0.25, 0.3) is 0 Å². The maximum absolute atomic E-state index is 4.12. The van der Waals surface area contributed by atoms with Gasteiger partial charge in [-0.3, -0.25) is 0 Å². The van der Waals surface area contributed by atoms with Gasteiger partial charge in [-0.1, -0.05) is 66.9 Å². The van der Waals surface area contributed by atoms with E-state index >= 15 is 0 Å². The van der Waals surface area contributed by atoms with E-state index in [-0.39, 0.29) is 0 Å². The predicted molar refractivity (Wildman–Crippen MR) is 85.7 cm³/mol. The molecule has 0 radical (unpaired) electrons. The Labute approximate surface area is 114 Å². The highest BCUT2D eigenvalue weighted by Gasteiger charge is 2.13. The van der Waals surface area contributed by atoms with Crippen LogP contribution in [0.25, 0.3) is 0 Å². The summed E-state index contributed by atoms with van der Waals surface area (Å²) in [5, 5.41) is 3.36. The van der Waals surface area contributed by atoms with Crippen molar-refractivity contribution in [3.8, 4) is 0 Å². The van der Waals surface area contributed by atoms with Crippen LogP contribution in [0.5, 0.6) is 0 Å². The molecule has 1 heteroatoms. The third kappa shape index (κ3) is 5.90. The molecule has 1 N–H and O–H groups in total. The molecular weight excluding hydrogens is 218 g/mol. The Morgan fingerprint density at radius 1 is 1.17 bits per heavy atom. The van der Waals surface area contributed by atoms with Gasteiger partial charge >= 0.3 is 0 Å². The highest BCUT2D eigenvalue weighted by Crippen LogP contribution is 2.24. The van der Waals surface area contributed by atoms with Crippen LogP contribution < -0.4 is 5.32 Å². The van der Waals surface area contributed by atoms with E-state index in [1.807, 2.05) is 34.6 Å². The lowest BCUT2D eigenvalue weighted by Gasteiger charge is -2.22. The van der Waals surface area contributed by atoms with E-state index in [2.05, 4.69) is 44.5 Å². The van der Waals surface area contributed by atoms with Crippen molar-refractivity contribution in [3.05, 3.63) is 47.7 Å². The molecule has 0 aromatic heterocycles. The van der Waals surface area contributed by atoms with Gasteiger partial charge in [-0.25, -0.2) is 0 Å². The summed E-state index contributed by atoms with van der Waals surface area (Å²) in [6.07, 6.45) is 4.24. The second-order valence-corrected chi connectivity index (χ2v) is 4.03. The second-order valence-electron chi connectivity index (χ2n) is 4.03. The normalized spacial score (nSPS) is 12.9. The molecule has 1 aliphatic rings.